The van der Waals surface area contributed by atoms with Crippen molar-refractivity contribution in [2.24, 2.45) is 5.92 Å². The molecule has 0 spiro atoms. The highest BCUT2D eigenvalue weighted by atomic mass is 16.6. The van der Waals surface area contributed by atoms with Crippen molar-refractivity contribution in [1.82, 2.24) is 0 Å². The minimum atomic E-state index is -1.29. The predicted molar refractivity (Wildman–Crippen MR) is 100 cm³/mol. The number of amides is 2. The first-order valence-electron chi connectivity index (χ1n) is 8.98. The first-order chi connectivity index (χ1) is 12.9. The van der Waals surface area contributed by atoms with Crippen molar-refractivity contribution in [3.8, 4) is 0 Å². The van der Waals surface area contributed by atoms with E-state index in [2.05, 4.69) is 10.6 Å². The molecular weight excluding hydrogens is 344 g/mol. The van der Waals surface area contributed by atoms with Gasteiger partial charge in [-0.25, -0.2) is 4.79 Å². The van der Waals surface area contributed by atoms with Gasteiger partial charge in [0.15, 0.2) is 5.60 Å². The first kappa shape index (κ1) is 17.3. The lowest BCUT2D eigenvalue weighted by atomic mass is 9.89. The van der Waals surface area contributed by atoms with E-state index in [0.717, 1.165) is 18.4 Å². The number of fused-ring (bicyclic) bond motifs is 1. The van der Waals surface area contributed by atoms with Crippen molar-refractivity contribution in [2.75, 3.05) is 10.6 Å². The fraction of sp³-hybridized carbons (Fsp3) is 0.286. The summed E-state index contributed by atoms with van der Waals surface area (Å²) in [4.78, 5) is 37.0. The maximum atomic E-state index is 12.8. The van der Waals surface area contributed by atoms with E-state index in [1.807, 2.05) is 12.1 Å². The number of carbonyl (C=O) groups is 3. The van der Waals surface area contributed by atoms with Gasteiger partial charge in [0, 0.05) is 23.7 Å². The third kappa shape index (κ3) is 3.56. The summed E-state index contributed by atoms with van der Waals surface area (Å²) in [6, 6.07) is 14.1. The minimum absolute atomic E-state index is 0.00301. The molecule has 1 atom stereocenters. The summed E-state index contributed by atoms with van der Waals surface area (Å²) in [7, 11) is 0. The predicted octanol–water partition coefficient (Wildman–Crippen LogP) is 3.15. The quantitative estimate of drug-likeness (QED) is 0.816. The third-order valence-corrected chi connectivity index (χ3v) is 4.90. The molecule has 27 heavy (non-hydrogen) atoms. The molecule has 0 radical (unpaired) electrons. The number of esters is 1. The highest BCUT2D eigenvalue weighted by molar-refractivity contribution is 6.03. The van der Waals surface area contributed by atoms with Gasteiger partial charge in [-0.3, -0.25) is 9.59 Å². The number of carbonyl (C=O) groups excluding carboxylic acids is 3. The summed E-state index contributed by atoms with van der Waals surface area (Å²) in [5.74, 6) is -0.803. The van der Waals surface area contributed by atoms with Crippen molar-refractivity contribution in [3.63, 3.8) is 0 Å². The maximum absolute atomic E-state index is 12.8. The van der Waals surface area contributed by atoms with E-state index in [4.69, 9.17) is 4.74 Å². The molecule has 1 aliphatic carbocycles. The second-order valence-electron chi connectivity index (χ2n) is 7.25. The summed E-state index contributed by atoms with van der Waals surface area (Å²) in [6.07, 6.45) is 2.15. The maximum Gasteiger partial charge on any atom is 0.339 e. The summed E-state index contributed by atoms with van der Waals surface area (Å²) in [5, 5.41) is 5.65. The van der Waals surface area contributed by atoms with Crippen LogP contribution in [0.2, 0.25) is 0 Å². The van der Waals surface area contributed by atoms with Crippen LogP contribution >= 0.6 is 0 Å². The van der Waals surface area contributed by atoms with Crippen LogP contribution in [0.5, 0.6) is 0 Å². The zero-order valence-electron chi connectivity index (χ0n) is 15.0. The normalized spacial score (nSPS) is 21.0. The molecule has 1 heterocycles. The van der Waals surface area contributed by atoms with Crippen LogP contribution in [0.1, 0.15) is 35.7 Å². The average molecular weight is 364 g/mol. The molecule has 1 aliphatic heterocycles. The van der Waals surface area contributed by atoms with E-state index in [9.17, 15) is 14.4 Å². The molecule has 1 unspecified atom stereocenters. The Kier molecular flexibility index (Phi) is 4.18. The fourth-order valence-electron chi connectivity index (χ4n) is 3.19. The SMILES string of the molecule is CC1(C(=O)Nc2cccc(NC(=O)C3CC3)c2)Cc2ccccc2C(=O)O1. The largest absolute Gasteiger partial charge is 0.445 e. The first-order valence-corrected chi connectivity index (χ1v) is 8.98. The van der Waals surface area contributed by atoms with Gasteiger partial charge in [-0.2, -0.15) is 0 Å². The van der Waals surface area contributed by atoms with Gasteiger partial charge in [0.25, 0.3) is 5.91 Å². The van der Waals surface area contributed by atoms with Crippen LogP contribution in [0.4, 0.5) is 11.4 Å². The van der Waals surface area contributed by atoms with Gasteiger partial charge in [0.1, 0.15) is 0 Å². The van der Waals surface area contributed by atoms with Gasteiger partial charge in [-0.15, -0.1) is 0 Å². The number of ether oxygens (including phenoxy) is 1. The van der Waals surface area contributed by atoms with Crippen LogP contribution in [0.3, 0.4) is 0 Å². The number of benzene rings is 2. The van der Waals surface area contributed by atoms with Crippen molar-refractivity contribution >= 4 is 29.2 Å². The molecule has 138 valence electrons. The number of hydrogen-bond donors (Lipinski definition) is 2. The molecule has 2 aromatic rings. The fourth-order valence-corrected chi connectivity index (χ4v) is 3.19. The second kappa shape index (κ2) is 6.54. The highest BCUT2D eigenvalue weighted by Crippen LogP contribution is 2.31. The van der Waals surface area contributed by atoms with Crippen LogP contribution < -0.4 is 10.6 Å². The Morgan fingerprint density at radius 3 is 2.48 bits per heavy atom. The van der Waals surface area contributed by atoms with Crippen LogP contribution in [-0.2, 0) is 20.7 Å². The summed E-state index contributed by atoms with van der Waals surface area (Å²) in [5.41, 5.74) is 1.15. The van der Waals surface area contributed by atoms with Crippen molar-refractivity contribution in [3.05, 3.63) is 59.7 Å². The van der Waals surface area contributed by atoms with Crippen LogP contribution in [0.25, 0.3) is 0 Å². The molecule has 2 aliphatic rings. The minimum Gasteiger partial charge on any atom is -0.445 e. The Bertz CT molecular complexity index is 935. The van der Waals surface area contributed by atoms with Gasteiger partial charge in [-0.05, 0) is 49.6 Å². The number of rotatable bonds is 4. The monoisotopic (exact) mass is 364 g/mol. The zero-order valence-corrected chi connectivity index (χ0v) is 15.0. The van der Waals surface area contributed by atoms with Crippen LogP contribution in [-0.4, -0.2) is 23.4 Å². The molecule has 6 heteroatoms. The standard InChI is InChI=1S/C21H20N2O4/c1-21(12-14-5-2-3-8-17(14)19(25)27-21)20(26)23-16-7-4-6-15(11-16)22-18(24)13-9-10-13/h2-8,11,13H,9-10,12H2,1H3,(H,22,24)(H,23,26). The van der Waals surface area contributed by atoms with E-state index >= 15 is 0 Å². The Hall–Kier alpha value is -3.15. The Morgan fingerprint density at radius 1 is 1.04 bits per heavy atom. The molecule has 1 fully saturated rings. The molecule has 2 aromatic carbocycles. The average Bonchev–Trinajstić information content (AvgIpc) is 3.47. The molecule has 1 saturated carbocycles. The van der Waals surface area contributed by atoms with Gasteiger partial charge >= 0.3 is 5.97 Å². The molecule has 0 bridgehead atoms. The molecule has 0 saturated heterocycles. The van der Waals surface area contributed by atoms with Crippen molar-refractivity contribution in [1.29, 1.82) is 0 Å². The van der Waals surface area contributed by atoms with E-state index in [-0.39, 0.29) is 11.8 Å². The Morgan fingerprint density at radius 2 is 1.74 bits per heavy atom. The molecule has 2 N–H and O–H groups in total. The smallest absolute Gasteiger partial charge is 0.339 e. The summed E-state index contributed by atoms with van der Waals surface area (Å²) < 4.78 is 5.45. The van der Waals surface area contributed by atoms with E-state index in [1.165, 1.54) is 0 Å². The number of hydrogen-bond acceptors (Lipinski definition) is 4. The van der Waals surface area contributed by atoms with E-state index in [1.54, 1.807) is 43.3 Å². The van der Waals surface area contributed by atoms with Gasteiger partial charge in [0.2, 0.25) is 5.91 Å². The van der Waals surface area contributed by atoms with Gasteiger partial charge < -0.3 is 15.4 Å². The molecule has 2 amide bonds. The molecule has 0 aromatic heterocycles. The molecule has 4 rings (SSSR count). The number of cyclic esters (lactones) is 1. The molecular formula is C21H20N2O4. The van der Waals surface area contributed by atoms with Crippen LogP contribution in [0, 0.1) is 5.92 Å². The Labute approximate surface area is 156 Å². The van der Waals surface area contributed by atoms with Crippen molar-refractivity contribution in [2.45, 2.75) is 31.8 Å². The summed E-state index contributed by atoms with van der Waals surface area (Å²) in [6.45, 7) is 1.61. The Balaban J connectivity index is 1.49. The molecule has 6 nitrogen and oxygen atoms in total. The number of anilines is 2. The highest BCUT2D eigenvalue weighted by Gasteiger charge is 2.42. The second-order valence-corrected chi connectivity index (χ2v) is 7.25. The van der Waals surface area contributed by atoms with Gasteiger partial charge in [-0.1, -0.05) is 24.3 Å². The van der Waals surface area contributed by atoms with E-state index < -0.39 is 17.5 Å². The summed E-state index contributed by atoms with van der Waals surface area (Å²) >= 11 is 0. The van der Waals surface area contributed by atoms with Crippen molar-refractivity contribution < 1.29 is 19.1 Å². The topological polar surface area (TPSA) is 84.5 Å². The van der Waals surface area contributed by atoms with E-state index in [0.29, 0.717) is 23.4 Å². The third-order valence-electron chi connectivity index (χ3n) is 4.90. The van der Waals surface area contributed by atoms with Crippen LogP contribution in [0.15, 0.2) is 48.5 Å². The van der Waals surface area contributed by atoms with Gasteiger partial charge in [0.05, 0.1) is 5.56 Å². The number of nitrogens with one attached hydrogen (secondary N) is 2. The lowest BCUT2D eigenvalue weighted by Gasteiger charge is -2.33. The zero-order chi connectivity index (χ0) is 19.0. The lowest BCUT2D eigenvalue weighted by Crippen LogP contribution is -2.48. The lowest BCUT2D eigenvalue weighted by molar-refractivity contribution is -0.134.